The van der Waals surface area contributed by atoms with Crippen molar-refractivity contribution >= 4 is 29.1 Å². The van der Waals surface area contributed by atoms with Gasteiger partial charge in [-0.25, -0.2) is 4.98 Å². The molecule has 3 nitrogen and oxygen atoms in total. The fourth-order valence-electron chi connectivity index (χ4n) is 1.48. The highest BCUT2D eigenvalue weighted by molar-refractivity contribution is 8.01. The quantitative estimate of drug-likeness (QED) is 0.796. The summed E-state index contributed by atoms with van der Waals surface area (Å²) in [6, 6.07) is 0. The zero-order valence-electron chi connectivity index (χ0n) is 9.23. The predicted octanol–water partition coefficient (Wildman–Crippen LogP) is 2.97. The summed E-state index contributed by atoms with van der Waals surface area (Å²) in [6.45, 7) is 1.89. The molecule has 0 bridgehead atoms. The minimum atomic E-state index is -0.777. The molecule has 1 fully saturated rings. The first kappa shape index (κ1) is 11.9. The summed E-state index contributed by atoms with van der Waals surface area (Å²) in [4.78, 5) is 15.9. The van der Waals surface area contributed by atoms with Gasteiger partial charge in [0, 0.05) is 10.6 Å². The van der Waals surface area contributed by atoms with Crippen LogP contribution in [0.25, 0.3) is 0 Å². The molecule has 2 rings (SSSR count). The molecule has 0 amide bonds. The first-order chi connectivity index (χ1) is 7.65. The standard InChI is InChI=1S/C11H15NO2S2/c1-7-9(6-10(13)14)16-11(12-7)15-5-4-8-2-3-8/h8H,2-6H2,1H3,(H,13,14). The topological polar surface area (TPSA) is 50.2 Å². The summed E-state index contributed by atoms with van der Waals surface area (Å²) in [5, 5.41) is 8.73. The third-order valence-corrected chi connectivity index (χ3v) is 4.97. The van der Waals surface area contributed by atoms with Crippen LogP contribution in [0.3, 0.4) is 0 Å². The van der Waals surface area contributed by atoms with Gasteiger partial charge in [0.25, 0.3) is 0 Å². The second kappa shape index (κ2) is 5.19. The Hall–Kier alpha value is -0.550. The highest BCUT2D eigenvalue weighted by Crippen LogP contribution is 2.35. The number of aliphatic carboxylic acids is 1. The monoisotopic (exact) mass is 257 g/mol. The first-order valence-corrected chi connectivity index (χ1v) is 7.26. The molecule has 1 saturated carbocycles. The molecule has 1 aliphatic carbocycles. The highest BCUT2D eigenvalue weighted by atomic mass is 32.2. The third kappa shape index (κ3) is 3.49. The minimum Gasteiger partial charge on any atom is -0.481 e. The fraction of sp³-hybridized carbons (Fsp3) is 0.636. The van der Waals surface area contributed by atoms with Crippen molar-refractivity contribution in [2.45, 2.75) is 36.9 Å². The van der Waals surface area contributed by atoms with Crippen molar-refractivity contribution in [3.8, 4) is 0 Å². The molecular formula is C11H15NO2S2. The zero-order chi connectivity index (χ0) is 11.5. The molecule has 16 heavy (non-hydrogen) atoms. The lowest BCUT2D eigenvalue weighted by molar-refractivity contribution is -0.136. The highest BCUT2D eigenvalue weighted by Gasteiger charge is 2.20. The number of hydrogen-bond donors (Lipinski definition) is 1. The number of thioether (sulfide) groups is 1. The number of thiazole rings is 1. The smallest absolute Gasteiger partial charge is 0.308 e. The van der Waals surface area contributed by atoms with Gasteiger partial charge < -0.3 is 5.11 Å². The van der Waals surface area contributed by atoms with E-state index in [0.29, 0.717) is 0 Å². The van der Waals surface area contributed by atoms with Crippen LogP contribution in [0, 0.1) is 12.8 Å². The van der Waals surface area contributed by atoms with Crippen molar-refractivity contribution in [1.29, 1.82) is 0 Å². The SMILES string of the molecule is Cc1nc(SCCC2CC2)sc1CC(=O)O. The molecule has 0 atom stereocenters. The van der Waals surface area contributed by atoms with Crippen molar-refractivity contribution in [2.24, 2.45) is 5.92 Å². The summed E-state index contributed by atoms with van der Waals surface area (Å²) >= 11 is 3.30. The third-order valence-electron chi connectivity index (χ3n) is 2.63. The predicted molar refractivity (Wildman–Crippen MR) is 66.3 cm³/mol. The first-order valence-electron chi connectivity index (χ1n) is 5.46. The van der Waals surface area contributed by atoms with Crippen LogP contribution in [0.1, 0.15) is 29.8 Å². The minimum absolute atomic E-state index is 0.104. The average Bonchev–Trinajstić information content (AvgIpc) is 2.94. The molecule has 1 N–H and O–H groups in total. The lowest BCUT2D eigenvalue weighted by Gasteiger charge is -1.94. The van der Waals surface area contributed by atoms with E-state index in [4.69, 9.17) is 5.11 Å². The van der Waals surface area contributed by atoms with E-state index in [9.17, 15) is 4.79 Å². The van der Waals surface area contributed by atoms with Crippen LogP contribution in [-0.4, -0.2) is 21.8 Å². The number of carbonyl (C=O) groups is 1. The van der Waals surface area contributed by atoms with Gasteiger partial charge in [-0.2, -0.15) is 0 Å². The van der Waals surface area contributed by atoms with Gasteiger partial charge in [-0.05, 0) is 19.3 Å². The molecule has 0 spiro atoms. The van der Waals surface area contributed by atoms with Gasteiger partial charge >= 0.3 is 5.97 Å². The Bertz CT molecular complexity index is 385. The van der Waals surface area contributed by atoms with Crippen LogP contribution in [-0.2, 0) is 11.2 Å². The van der Waals surface area contributed by atoms with E-state index in [1.807, 2.05) is 6.92 Å². The van der Waals surface area contributed by atoms with Crippen molar-refractivity contribution in [2.75, 3.05) is 5.75 Å². The van der Waals surface area contributed by atoms with E-state index >= 15 is 0 Å². The number of aromatic nitrogens is 1. The Morgan fingerprint density at radius 2 is 2.38 bits per heavy atom. The summed E-state index contributed by atoms with van der Waals surface area (Å²) in [7, 11) is 0. The average molecular weight is 257 g/mol. The summed E-state index contributed by atoms with van der Waals surface area (Å²) in [5.41, 5.74) is 0.876. The van der Waals surface area contributed by atoms with E-state index in [2.05, 4.69) is 4.98 Å². The molecule has 0 saturated heterocycles. The molecule has 1 heterocycles. The van der Waals surface area contributed by atoms with Crippen LogP contribution in [0.15, 0.2) is 4.34 Å². The van der Waals surface area contributed by atoms with Crippen LogP contribution in [0.4, 0.5) is 0 Å². The lowest BCUT2D eigenvalue weighted by atomic mass is 10.3. The molecule has 1 aromatic rings. The lowest BCUT2D eigenvalue weighted by Crippen LogP contribution is -1.99. The van der Waals surface area contributed by atoms with E-state index in [-0.39, 0.29) is 6.42 Å². The Morgan fingerprint density at radius 1 is 1.62 bits per heavy atom. The molecule has 0 unspecified atom stereocenters. The number of hydrogen-bond acceptors (Lipinski definition) is 4. The maximum Gasteiger partial charge on any atom is 0.308 e. The van der Waals surface area contributed by atoms with Gasteiger partial charge in [-0.3, -0.25) is 4.79 Å². The van der Waals surface area contributed by atoms with E-state index in [0.717, 1.165) is 26.6 Å². The van der Waals surface area contributed by atoms with Crippen LogP contribution < -0.4 is 0 Å². The molecule has 5 heteroatoms. The van der Waals surface area contributed by atoms with Gasteiger partial charge in [0.15, 0.2) is 0 Å². The zero-order valence-corrected chi connectivity index (χ0v) is 10.9. The number of rotatable bonds is 6. The Morgan fingerprint density at radius 3 is 3.00 bits per heavy atom. The van der Waals surface area contributed by atoms with Crippen molar-refractivity contribution in [1.82, 2.24) is 4.98 Å². The molecule has 0 aliphatic heterocycles. The largest absolute Gasteiger partial charge is 0.481 e. The number of carboxylic acids is 1. The second-order valence-corrected chi connectivity index (χ2v) is 6.57. The molecule has 1 aromatic heterocycles. The van der Waals surface area contributed by atoms with Gasteiger partial charge in [0.2, 0.25) is 0 Å². The number of nitrogens with zero attached hydrogens (tertiary/aromatic N) is 1. The second-order valence-electron chi connectivity index (χ2n) is 4.14. The van der Waals surface area contributed by atoms with Gasteiger partial charge in [-0.1, -0.05) is 24.6 Å². The summed E-state index contributed by atoms with van der Waals surface area (Å²) in [5.74, 6) is 1.29. The number of aryl methyl sites for hydroxylation is 1. The normalized spacial score (nSPS) is 15.3. The van der Waals surface area contributed by atoms with Gasteiger partial charge in [0.05, 0.1) is 12.1 Å². The summed E-state index contributed by atoms with van der Waals surface area (Å²) in [6.07, 6.45) is 4.16. The van der Waals surface area contributed by atoms with Crippen LogP contribution in [0.5, 0.6) is 0 Å². The Kier molecular flexibility index (Phi) is 3.86. The maximum atomic E-state index is 10.6. The van der Waals surface area contributed by atoms with Crippen LogP contribution in [0.2, 0.25) is 0 Å². The van der Waals surface area contributed by atoms with E-state index in [1.54, 1.807) is 11.8 Å². The number of carboxylic acid groups (broad SMARTS) is 1. The molecule has 88 valence electrons. The fourth-order valence-corrected chi connectivity index (χ4v) is 3.88. The molecule has 0 aromatic carbocycles. The van der Waals surface area contributed by atoms with Gasteiger partial charge in [0.1, 0.15) is 4.34 Å². The van der Waals surface area contributed by atoms with E-state index in [1.165, 1.54) is 30.6 Å². The summed E-state index contributed by atoms with van der Waals surface area (Å²) < 4.78 is 1.02. The van der Waals surface area contributed by atoms with Crippen LogP contribution >= 0.6 is 23.1 Å². The van der Waals surface area contributed by atoms with Crippen molar-refractivity contribution in [3.63, 3.8) is 0 Å². The maximum absolute atomic E-state index is 10.6. The van der Waals surface area contributed by atoms with Gasteiger partial charge in [-0.15, -0.1) is 11.3 Å². The van der Waals surface area contributed by atoms with Crippen molar-refractivity contribution in [3.05, 3.63) is 10.6 Å². The molecule has 0 radical (unpaired) electrons. The molecular weight excluding hydrogens is 242 g/mol. The van der Waals surface area contributed by atoms with Crippen molar-refractivity contribution < 1.29 is 9.90 Å². The Labute approximate surface area is 103 Å². The van der Waals surface area contributed by atoms with E-state index < -0.39 is 5.97 Å². The Balaban J connectivity index is 1.85. The molecule has 1 aliphatic rings.